The van der Waals surface area contributed by atoms with E-state index < -0.39 is 0 Å². The third-order valence-corrected chi connectivity index (χ3v) is 4.14. The number of benzene rings is 2. The molecule has 2 N–H and O–H groups in total. The topological polar surface area (TPSA) is 41.5 Å². The molecule has 0 bridgehead atoms. The number of nitrogens with one attached hydrogen (secondary N) is 1. The number of ether oxygens (including phenoxy) is 1. The van der Waals surface area contributed by atoms with Crippen molar-refractivity contribution in [2.24, 2.45) is 0 Å². The fourth-order valence-electron chi connectivity index (χ4n) is 2.22. The maximum atomic E-state index is 9.32. The third-order valence-electron chi connectivity index (χ3n) is 3.38. The first-order valence-corrected chi connectivity index (χ1v) is 8.10. The molecule has 0 atom stereocenters. The van der Waals surface area contributed by atoms with Crippen molar-refractivity contribution in [2.45, 2.75) is 24.6 Å². The van der Waals surface area contributed by atoms with E-state index >= 15 is 0 Å². The molecular weight excluding hydrogens is 282 g/mol. The van der Waals surface area contributed by atoms with E-state index in [-0.39, 0.29) is 6.61 Å². The van der Waals surface area contributed by atoms with Crippen LogP contribution in [0.4, 0.5) is 0 Å². The summed E-state index contributed by atoms with van der Waals surface area (Å²) in [4.78, 5) is 1.15. The molecule has 2 aromatic rings. The van der Waals surface area contributed by atoms with Crippen molar-refractivity contribution < 1.29 is 9.84 Å². The van der Waals surface area contributed by atoms with Gasteiger partial charge in [-0.1, -0.05) is 30.3 Å². The Labute approximate surface area is 130 Å². The Bertz CT molecular complexity index is 587. The summed E-state index contributed by atoms with van der Waals surface area (Å²) in [7, 11) is 1.69. The quantitative estimate of drug-likeness (QED) is 0.771. The number of rotatable bonds is 7. The molecule has 0 aliphatic carbocycles. The Morgan fingerprint density at radius 2 is 1.86 bits per heavy atom. The van der Waals surface area contributed by atoms with Gasteiger partial charge < -0.3 is 15.2 Å². The second kappa shape index (κ2) is 8.08. The summed E-state index contributed by atoms with van der Waals surface area (Å²) < 4.78 is 5.33. The van der Waals surface area contributed by atoms with Crippen LogP contribution >= 0.6 is 11.8 Å². The second-order valence-electron chi connectivity index (χ2n) is 4.72. The molecule has 0 saturated heterocycles. The SMILES string of the molecule is COc1ccc(CNCc2ccccc2CO)cc1SC. The molecule has 0 fully saturated rings. The Morgan fingerprint density at radius 3 is 2.52 bits per heavy atom. The van der Waals surface area contributed by atoms with Crippen molar-refractivity contribution in [3.8, 4) is 5.75 Å². The molecular formula is C17H21NO2S. The van der Waals surface area contributed by atoms with E-state index in [1.165, 1.54) is 5.56 Å². The molecule has 0 heterocycles. The maximum Gasteiger partial charge on any atom is 0.132 e. The van der Waals surface area contributed by atoms with Gasteiger partial charge in [0.1, 0.15) is 5.75 Å². The van der Waals surface area contributed by atoms with Crippen LogP contribution in [0.15, 0.2) is 47.4 Å². The molecule has 2 aromatic carbocycles. The molecule has 0 radical (unpaired) electrons. The number of hydrogen-bond donors (Lipinski definition) is 2. The molecule has 3 nitrogen and oxygen atoms in total. The zero-order valence-corrected chi connectivity index (χ0v) is 13.2. The van der Waals surface area contributed by atoms with Crippen LogP contribution in [0.1, 0.15) is 16.7 Å². The highest BCUT2D eigenvalue weighted by molar-refractivity contribution is 7.98. The molecule has 21 heavy (non-hydrogen) atoms. The lowest BCUT2D eigenvalue weighted by atomic mass is 10.1. The largest absolute Gasteiger partial charge is 0.496 e. The molecule has 0 aromatic heterocycles. The summed E-state index contributed by atoms with van der Waals surface area (Å²) in [6, 6.07) is 14.2. The van der Waals surface area contributed by atoms with E-state index in [0.29, 0.717) is 0 Å². The Balaban J connectivity index is 1.97. The minimum Gasteiger partial charge on any atom is -0.496 e. The van der Waals surface area contributed by atoms with Crippen LogP contribution in [-0.2, 0) is 19.7 Å². The molecule has 0 aliphatic rings. The lowest BCUT2D eigenvalue weighted by Crippen LogP contribution is -2.14. The smallest absolute Gasteiger partial charge is 0.132 e. The van der Waals surface area contributed by atoms with Gasteiger partial charge in [0.25, 0.3) is 0 Å². The van der Waals surface area contributed by atoms with Crippen LogP contribution in [0.5, 0.6) is 5.75 Å². The summed E-state index contributed by atoms with van der Waals surface area (Å²) in [6.45, 7) is 1.62. The molecule has 0 amide bonds. The minimum absolute atomic E-state index is 0.0804. The summed E-state index contributed by atoms with van der Waals surface area (Å²) >= 11 is 1.68. The van der Waals surface area contributed by atoms with Crippen molar-refractivity contribution in [1.29, 1.82) is 0 Å². The Kier molecular flexibility index (Phi) is 6.11. The van der Waals surface area contributed by atoms with E-state index in [1.54, 1.807) is 18.9 Å². The predicted octanol–water partition coefficient (Wildman–Crippen LogP) is 3.20. The Morgan fingerprint density at radius 1 is 1.10 bits per heavy atom. The maximum absolute atomic E-state index is 9.32. The van der Waals surface area contributed by atoms with Gasteiger partial charge in [0.15, 0.2) is 0 Å². The number of hydrogen-bond acceptors (Lipinski definition) is 4. The molecule has 0 unspecified atom stereocenters. The molecule has 112 valence electrons. The third kappa shape index (κ3) is 4.24. The fraction of sp³-hybridized carbons (Fsp3) is 0.294. The van der Waals surface area contributed by atoms with Crippen molar-refractivity contribution in [3.05, 3.63) is 59.2 Å². The van der Waals surface area contributed by atoms with Gasteiger partial charge in [-0.05, 0) is 35.1 Å². The summed E-state index contributed by atoms with van der Waals surface area (Å²) in [6.07, 6.45) is 2.05. The van der Waals surface area contributed by atoms with Gasteiger partial charge in [-0.2, -0.15) is 0 Å². The van der Waals surface area contributed by atoms with Crippen LogP contribution in [0.3, 0.4) is 0 Å². The summed E-state index contributed by atoms with van der Waals surface area (Å²) in [5, 5.41) is 12.7. The molecule has 4 heteroatoms. The molecule has 0 aliphatic heterocycles. The number of thioether (sulfide) groups is 1. The van der Waals surface area contributed by atoms with Crippen LogP contribution in [-0.4, -0.2) is 18.5 Å². The van der Waals surface area contributed by atoms with Gasteiger partial charge in [0, 0.05) is 18.0 Å². The number of aliphatic hydroxyl groups is 1. The van der Waals surface area contributed by atoms with Crippen LogP contribution in [0.25, 0.3) is 0 Å². The van der Waals surface area contributed by atoms with Gasteiger partial charge in [0.05, 0.1) is 13.7 Å². The Hall–Kier alpha value is -1.49. The first kappa shape index (κ1) is 15.9. The van der Waals surface area contributed by atoms with Crippen LogP contribution in [0.2, 0.25) is 0 Å². The lowest BCUT2D eigenvalue weighted by Gasteiger charge is -2.11. The lowest BCUT2D eigenvalue weighted by molar-refractivity contribution is 0.280. The minimum atomic E-state index is 0.0804. The average Bonchev–Trinajstić information content (AvgIpc) is 2.55. The van der Waals surface area contributed by atoms with Gasteiger partial charge in [-0.15, -0.1) is 11.8 Å². The normalized spacial score (nSPS) is 10.6. The highest BCUT2D eigenvalue weighted by atomic mass is 32.2. The monoisotopic (exact) mass is 303 g/mol. The molecule has 0 spiro atoms. The first-order valence-electron chi connectivity index (χ1n) is 6.87. The van der Waals surface area contributed by atoms with E-state index in [0.717, 1.165) is 34.9 Å². The van der Waals surface area contributed by atoms with Crippen molar-refractivity contribution in [3.63, 3.8) is 0 Å². The van der Waals surface area contributed by atoms with Crippen molar-refractivity contribution >= 4 is 11.8 Å². The van der Waals surface area contributed by atoms with E-state index in [4.69, 9.17) is 4.74 Å². The van der Waals surface area contributed by atoms with Gasteiger partial charge in [0.2, 0.25) is 0 Å². The van der Waals surface area contributed by atoms with Gasteiger partial charge in [-0.3, -0.25) is 0 Å². The second-order valence-corrected chi connectivity index (χ2v) is 5.57. The number of methoxy groups -OCH3 is 1. The summed E-state index contributed by atoms with van der Waals surface area (Å²) in [5.74, 6) is 0.914. The zero-order chi connectivity index (χ0) is 15.1. The van der Waals surface area contributed by atoms with Gasteiger partial charge in [-0.25, -0.2) is 0 Å². The van der Waals surface area contributed by atoms with Crippen LogP contribution < -0.4 is 10.1 Å². The van der Waals surface area contributed by atoms with Gasteiger partial charge >= 0.3 is 0 Å². The van der Waals surface area contributed by atoms with Crippen molar-refractivity contribution in [2.75, 3.05) is 13.4 Å². The first-order chi connectivity index (χ1) is 10.3. The highest BCUT2D eigenvalue weighted by Crippen LogP contribution is 2.28. The zero-order valence-electron chi connectivity index (χ0n) is 12.4. The van der Waals surface area contributed by atoms with E-state index in [9.17, 15) is 5.11 Å². The van der Waals surface area contributed by atoms with E-state index in [2.05, 4.69) is 17.4 Å². The average molecular weight is 303 g/mol. The molecule has 2 rings (SSSR count). The van der Waals surface area contributed by atoms with Crippen LogP contribution in [0, 0.1) is 0 Å². The standard InChI is InChI=1S/C17H21NO2S/c1-20-16-8-7-13(9-17(16)21-2)10-18-11-14-5-3-4-6-15(14)12-19/h3-9,18-19H,10-12H2,1-2H3. The highest BCUT2D eigenvalue weighted by Gasteiger charge is 2.04. The van der Waals surface area contributed by atoms with Crippen molar-refractivity contribution in [1.82, 2.24) is 5.32 Å². The van der Waals surface area contributed by atoms with E-state index in [1.807, 2.05) is 36.6 Å². The fourth-order valence-corrected chi connectivity index (χ4v) is 2.84. The predicted molar refractivity (Wildman–Crippen MR) is 87.7 cm³/mol. The molecule has 0 saturated carbocycles. The summed E-state index contributed by atoms with van der Waals surface area (Å²) in [5.41, 5.74) is 3.34. The number of aliphatic hydroxyl groups excluding tert-OH is 1.